The zero-order valence-corrected chi connectivity index (χ0v) is 18.9. The molecule has 172 valence electrons. The van der Waals surface area contributed by atoms with Gasteiger partial charge in [0.25, 0.3) is 5.91 Å². The molecular formula is C24H31FN4O3. The van der Waals surface area contributed by atoms with Crippen LogP contribution in [-0.2, 0) is 11.2 Å². The first kappa shape index (κ1) is 23.7. The molecule has 1 aliphatic heterocycles. The average Bonchev–Trinajstić information content (AvgIpc) is 2.81. The van der Waals surface area contributed by atoms with Gasteiger partial charge in [-0.2, -0.15) is 0 Å². The highest BCUT2D eigenvalue weighted by molar-refractivity contribution is 5.94. The second-order valence-electron chi connectivity index (χ2n) is 7.80. The maximum atomic E-state index is 13.1. The van der Waals surface area contributed by atoms with E-state index in [1.54, 1.807) is 4.90 Å². The van der Waals surface area contributed by atoms with Gasteiger partial charge in [-0.25, -0.2) is 9.18 Å². The maximum absolute atomic E-state index is 13.1. The number of rotatable bonds is 8. The van der Waals surface area contributed by atoms with Crippen molar-refractivity contribution < 1.29 is 18.7 Å². The van der Waals surface area contributed by atoms with Gasteiger partial charge in [-0.05, 0) is 69.3 Å². The molecule has 2 aromatic rings. The highest BCUT2D eigenvalue weighted by Gasteiger charge is 2.26. The number of aromatic nitrogens is 1. The van der Waals surface area contributed by atoms with E-state index in [2.05, 4.69) is 24.1 Å². The summed E-state index contributed by atoms with van der Waals surface area (Å²) in [6.45, 7) is 9.50. The van der Waals surface area contributed by atoms with Crippen LogP contribution in [0.15, 0.2) is 36.4 Å². The Morgan fingerprint density at radius 2 is 1.91 bits per heavy atom. The number of pyridine rings is 1. The fourth-order valence-corrected chi connectivity index (χ4v) is 3.73. The minimum atomic E-state index is -0.387. The first-order valence-corrected chi connectivity index (χ1v) is 11.2. The van der Waals surface area contributed by atoms with Crippen molar-refractivity contribution in [1.82, 2.24) is 15.2 Å². The molecule has 0 bridgehead atoms. The normalized spacial score (nSPS) is 14.1. The van der Waals surface area contributed by atoms with Gasteiger partial charge in [-0.15, -0.1) is 0 Å². The molecule has 1 N–H and O–H groups in total. The van der Waals surface area contributed by atoms with Crippen molar-refractivity contribution in [2.45, 2.75) is 39.7 Å². The number of anilines is 1. The number of carbonyl (C=O) groups excluding carboxylic acids is 2. The second kappa shape index (κ2) is 11.0. The average molecular weight is 443 g/mol. The van der Waals surface area contributed by atoms with Gasteiger partial charge in [-0.3, -0.25) is 14.7 Å². The van der Waals surface area contributed by atoms with E-state index >= 15 is 0 Å². The number of hydrogen-bond donors (Lipinski definition) is 1. The Morgan fingerprint density at radius 3 is 2.59 bits per heavy atom. The van der Waals surface area contributed by atoms with E-state index in [4.69, 9.17) is 9.72 Å². The third-order valence-corrected chi connectivity index (χ3v) is 5.70. The maximum Gasteiger partial charge on any atom is 0.414 e. The topological polar surface area (TPSA) is 74.8 Å². The number of benzene rings is 1. The summed E-state index contributed by atoms with van der Waals surface area (Å²) in [7, 11) is 0. The molecule has 0 saturated heterocycles. The predicted octanol–water partition coefficient (Wildman–Crippen LogP) is 3.94. The molecule has 3 rings (SSSR count). The van der Waals surface area contributed by atoms with E-state index in [0.29, 0.717) is 31.0 Å². The van der Waals surface area contributed by atoms with Crippen LogP contribution in [0.5, 0.6) is 0 Å². The Morgan fingerprint density at radius 1 is 1.19 bits per heavy atom. The molecule has 1 atom stereocenters. The van der Waals surface area contributed by atoms with Gasteiger partial charge in [0.1, 0.15) is 12.4 Å². The monoisotopic (exact) mass is 442 g/mol. The minimum absolute atomic E-state index is 0.296. The van der Waals surface area contributed by atoms with Crippen molar-refractivity contribution in [2.75, 3.05) is 37.7 Å². The number of nitrogens with one attached hydrogen (secondary N) is 1. The van der Waals surface area contributed by atoms with Crippen LogP contribution in [0, 0.1) is 5.82 Å². The molecule has 1 aromatic carbocycles. The molecule has 2 heterocycles. The first-order chi connectivity index (χ1) is 15.4. The van der Waals surface area contributed by atoms with Gasteiger partial charge in [0, 0.05) is 18.7 Å². The summed E-state index contributed by atoms with van der Waals surface area (Å²) < 4.78 is 18.6. The predicted molar refractivity (Wildman–Crippen MR) is 121 cm³/mol. The number of hydrogen-bond acceptors (Lipinski definition) is 5. The van der Waals surface area contributed by atoms with Crippen molar-refractivity contribution in [2.24, 2.45) is 0 Å². The summed E-state index contributed by atoms with van der Waals surface area (Å²) in [5.41, 5.74) is 2.66. The van der Waals surface area contributed by atoms with Gasteiger partial charge in [-0.1, -0.05) is 13.8 Å². The quantitative estimate of drug-likeness (QED) is 0.670. The molecular weight excluding hydrogens is 411 g/mol. The van der Waals surface area contributed by atoms with Gasteiger partial charge in [0.2, 0.25) is 0 Å². The number of carbonyl (C=O) groups is 2. The minimum Gasteiger partial charge on any atom is -0.448 e. The van der Waals surface area contributed by atoms with E-state index in [-0.39, 0.29) is 23.9 Å². The summed E-state index contributed by atoms with van der Waals surface area (Å²) in [6.07, 6.45) is 1.20. The fourth-order valence-electron chi connectivity index (χ4n) is 3.73. The molecule has 0 spiro atoms. The Kier molecular flexibility index (Phi) is 8.16. The Hall–Kier alpha value is -3.00. The smallest absolute Gasteiger partial charge is 0.414 e. The van der Waals surface area contributed by atoms with E-state index in [9.17, 15) is 14.0 Å². The van der Waals surface area contributed by atoms with Crippen LogP contribution in [0.25, 0.3) is 0 Å². The van der Waals surface area contributed by atoms with Crippen LogP contribution in [0.2, 0.25) is 0 Å². The summed E-state index contributed by atoms with van der Waals surface area (Å²) in [6, 6.07) is 8.75. The summed E-state index contributed by atoms with van der Waals surface area (Å²) in [5, 5.41) is 2.89. The molecule has 8 heteroatoms. The summed E-state index contributed by atoms with van der Waals surface area (Å²) in [4.78, 5) is 33.6. The summed E-state index contributed by atoms with van der Waals surface area (Å²) >= 11 is 0. The molecule has 0 fully saturated rings. The van der Waals surface area contributed by atoms with Crippen molar-refractivity contribution in [1.29, 1.82) is 0 Å². The molecule has 2 amide bonds. The molecule has 7 nitrogen and oxygen atoms in total. The fraction of sp³-hybridized carbons (Fsp3) is 0.458. The Balaban J connectivity index is 1.64. The lowest BCUT2D eigenvalue weighted by molar-refractivity contribution is 0.0939. The highest BCUT2D eigenvalue weighted by Crippen LogP contribution is 2.28. The molecule has 1 unspecified atom stereocenters. The summed E-state index contributed by atoms with van der Waals surface area (Å²) in [5.74, 6) is -0.683. The van der Waals surface area contributed by atoms with Gasteiger partial charge >= 0.3 is 6.09 Å². The lowest BCUT2D eigenvalue weighted by Gasteiger charge is -2.29. The SMILES string of the molecule is CCN(CC)CCOC(=O)N1CCCc2nc(C(C)NC(=O)c3ccc(F)cc3)ccc21. The van der Waals surface area contributed by atoms with Crippen LogP contribution in [0.3, 0.4) is 0 Å². The number of fused-ring (bicyclic) bond motifs is 1. The Bertz CT molecular complexity index is 931. The van der Waals surface area contributed by atoms with Gasteiger partial charge in [0.15, 0.2) is 0 Å². The van der Waals surface area contributed by atoms with E-state index in [1.807, 2.05) is 19.1 Å². The lowest BCUT2D eigenvalue weighted by Crippen LogP contribution is -2.38. The molecule has 32 heavy (non-hydrogen) atoms. The van der Waals surface area contributed by atoms with Crippen LogP contribution >= 0.6 is 0 Å². The van der Waals surface area contributed by atoms with Gasteiger partial charge < -0.3 is 15.0 Å². The standard InChI is InChI=1S/C24H31FN4O3/c1-4-28(5-2)15-16-32-24(31)29-14-6-7-21-22(29)13-12-20(27-21)17(3)26-23(30)18-8-10-19(25)11-9-18/h8-13,17H,4-7,14-16H2,1-3H3,(H,26,30). The number of likely N-dealkylation sites (N-methyl/N-ethyl adjacent to an activating group) is 1. The van der Waals surface area contributed by atoms with Crippen LogP contribution < -0.4 is 10.2 Å². The zero-order chi connectivity index (χ0) is 23.1. The third kappa shape index (κ3) is 5.82. The number of nitrogens with zero attached hydrogens (tertiary/aromatic N) is 3. The highest BCUT2D eigenvalue weighted by atomic mass is 19.1. The van der Waals surface area contributed by atoms with Crippen molar-refractivity contribution in [3.8, 4) is 0 Å². The van der Waals surface area contributed by atoms with Crippen molar-refractivity contribution in [3.63, 3.8) is 0 Å². The van der Waals surface area contributed by atoms with E-state index in [1.165, 1.54) is 24.3 Å². The molecule has 0 radical (unpaired) electrons. The number of aryl methyl sites for hydroxylation is 1. The van der Waals surface area contributed by atoms with Gasteiger partial charge in [0.05, 0.1) is 23.1 Å². The number of halogens is 1. The Labute approximate surface area is 188 Å². The lowest BCUT2D eigenvalue weighted by atomic mass is 10.1. The number of ether oxygens (including phenoxy) is 1. The van der Waals surface area contributed by atoms with Crippen LogP contribution in [-0.4, -0.2) is 54.7 Å². The third-order valence-electron chi connectivity index (χ3n) is 5.70. The van der Waals surface area contributed by atoms with E-state index < -0.39 is 0 Å². The first-order valence-electron chi connectivity index (χ1n) is 11.2. The largest absolute Gasteiger partial charge is 0.448 e. The molecule has 1 aliphatic rings. The number of amides is 2. The van der Waals surface area contributed by atoms with Crippen molar-refractivity contribution in [3.05, 3.63) is 59.2 Å². The zero-order valence-electron chi connectivity index (χ0n) is 18.9. The molecule has 0 saturated carbocycles. The van der Waals surface area contributed by atoms with Crippen LogP contribution in [0.1, 0.15) is 55.0 Å². The second-order valence-corrected chi connectivity index (χ2v) is 7.80. The van der Waals surface area contributed by atoms with Crippen LogP contribution in [0.4, 0.5) is 14.9 Å². The molecule has 1 aromatic heterocycles. The van der Waals surface area contributed by atoms with E-state index in [0.717, 1.165) is 37.3 Å². The van der Waals surface area contributed by atoms with Crippen molar-refractivity contribution >= 4 is 17.7 Å². The molecule has 0 aliphatic carbocycles.